The number of nitrogens with zero attached hydrogens (tertiary/aromatic N) is 1. The number of nitrogens with one attached hydrogen (secondary N) is 1. The second kappa shape index (κ2) is 10.2. The van der Waals surface area contributed by atoms with Gasteiger partial charge in [-0.15, -0.1) is 0 Å². The number of benzene rings is 1. The highest BCUT2D eigenvalue weighted by molar-refractivity contribution is 7.99. The van der Waals surface area contributed by atoms with E-state index in [4.69, 9.17) is 19.3 Å². The normalized spacial score (nSPS) is 24.1. The number of aromatic amines is 1. The van der Waals surface area contributed by atoms with E-state index < -0.39 is 35.8 Å². The van der Waals surface area contributed by atoms with Crippen molar-refractivity contribution in [1.29, 1.82) is 0 Å². The molecule has 4 atom stereocenters. The van der Waals surface area contributed by atoms with E-state index in [0.717, 1.165) is 21.2 Å². The lowest BCUT2D eigenvalue weighted by molar-refractivity contribution is -0.115. The summed E-state index contributed by atoms with van der Waals surface area (Å²) in [7, 11) is 0. The van der Waals surface area contributed by atoms with Crippen LogP contribution in [0.2, 0.25) is 0 Å². The van der Waals surface area contributed by atoms with Crippen LogP contribution in [0.3, 0.4) is 0 Å². The van der Waals surface area contributed by atoms with E-state index in [1.807, 2.05) is 30.3 Å². The molecule has 1 aliphatic rings. The van der Waals surface area contributed by atoms with Gasteiger partial charge in [0.1, 0.15) is 25.1 Å². The number of hydrogen-bond acceptors (Lipinski definition) is 9. The molecule has 0 aliphatic carbocycles. The Bertz CT molecular complexity index is 903. The SMILES string of the molecule is O=c1cc(Sc2ccccc2)n([C@@H]2O[C@H](COCOCCO)[C@@H](O)[C@H]2O)c(=O)[nH]1. The molecule has 11 heteroatoms. The van der Waals surface area contributed by atoms with Gasteiger partial charge in [0, 0.05) is 11.0 Å². The highest BCUT2D eigenvalue weighted by Crippen LogP contribution is 2.33. The number of hydrogen-bond donors (Lipinski definition) is 4. The number of H-pyrrole nitrogens is 1. The number of aromatic nitrogens is 2. The molecule has 0 radical (unpaired) electrons. The maximum atomic E-state index is 12.5. The fraction of sp³-hybridized carbons (Fsp3) is 0.444. The van der Waals surface area contributed by atoms with E-state index in [0.29, 0.717) is 0 Å². The third-order valence-electron chi connectivity index (χ3n) is 4.18. The summed E-state index contributed by atoms with van der Waals surface area (Å²) in [6, 6.07) is 10.3. The quantitative estimate of drug-likeness (QED) is 0.232. The summed E-state index contributed by atoms with van der Waals surface area (Å²) in [4.78, 5) is 27.2. The monoisotopic (exact) mass is 426 g/mol. The highest BCUT2D eigenvalue weighted by Gasteiger charge is 2.45. The Morgan fingerprint density at radius 2 is 1.90 bits per heavy atom. The van der Waals surface area contributed by atoms with Crippen molar-refractivity contribution >= 4 is 11.8 Å². The van der Waals surface area contributed by atoms with Crippen LogP contribution < -0.4 is 11.2 Å². The first-order valence-electron chi connectivity index (χ1n) is 8.88. The van der Waals surface area contributed by atoms with Gasteiger partial charge < -0.3 is 29.5 Å². The van der Waals surface area contributed by atoms with Gasteiger partial charge in [0.25, 0.3) is 5.56 Å². The summed E-state index contributed by atoms with van der Waals surface area (Å²) in [5.74, 6) is 0. The number of aliphatic hydroxyl groups is 3. The number of ether oxygens (including phenoxy) is 3. The standard InChI is InChI=1S/C18H22N2O8S/c21-6-7-26-10-27-9-12-15(23)16(24)17(28-12)20-14(8-13(22)19-18(20)25)29-11-4-2-1-3-5-11/h1-5,8,12,15-17,21,23-24H,6-7,9-10H2,(H,19,22,25)/t12-,15-,16-,17-/m1/s1. The molecular weight excluding hydrogens is 404 g/mol. The van der Waals surface area contributed by atoms with Crippen LogP contribution >= 0.6 is 11.8 Å². The predicted octanol–water partition coefficient (Wildman–Crippen LogP) is -0.710. The van der Waals surface area contributed by atoms with Crippen molar-refractivity contribution in [2.24, 2.45) is 0 Å². The Labute approximate surface area is 169 Å². The van der Waals surface area contributed by atoms with Crippen LogP contribution in [-0.4, -0.2) is 69.8 Å². The van der Waals surface area contributed by atoms with Crippen LogP contribution in [0, 0.1) is 0 Å². The molecule has 0 bridgehead atoms. The summed E-state index contributed by atoms with van der Waals surface area (Å²) in [5, 5.41) is 29.7. The largest absolute Gasteiger partial charge is 0.394 e. The molecule has 0 amide bonds. The van der Waals surface area contributed by atoms with Gasteiger partial charge in [-0.3, -0.25) is 14.3 Å². The minimum absolute atomic E-state index is 0.0978. The molecule has 1 aliphatic heterocycles. The maximum Gasteiger partial charge on any atom is 0.331 e. The molecule has 3 rings (SSSR count). The third-order valence-corrected chi connectivity index (χ3v) is 5.21. The summed E-state index contributed by atoms with van der Waals surface area (Å²) in [5.41, 5.74) is -1.35. The van der Waals surface area contributed by atoms with Gasteiger partial charge in [-0.1, -0.05) is 30.0 Å². The van der Waals surface area contributed by atoms with E-state index in [9.17, 15) is 19.8 Å². The Morgan fingerprint density at radius 1 is 1.14 bits per heavy atom. The lowest BCUT2D eigenvalue weighted by atomic mass is 10.1. The van der Waals surface area contributed by atoms with Crippen molar-refractivity contribution in [1.82, 2.24) is 9.55 Å². The molecule has 29 heavy (non-hydrogen) atoms. The molecule has 2 heterocycles. The first-order chi connectivity index (χ1) is 14.0. The molecule has 1 fully saturated rings. The molecule has 2 aromatic rings. The average molecular weight is 426 g/mol. The van der Waals surface area contributed by atoms with Gasteiger partial charge in [-0.2, -0.15) is 0 Å². The van der Waals surface area contributed by atoms with Gasteiger partial charge in [0.05, 0.1) is 24.8 Å². The summed E-state index contributed by atoms with van der Waals surface area (Å²) >= 11 is 1.16. The zero-order chi connectivity index (χ0) is 20.8. The molecule has 1 aromatic carbocycles. The molecule has 10 nitrogen and oxygen atoms in total. The molecule has 1 saturated heterocycles. The topological polar surface area (TPSA) is 143 Å². The number of aliphatic hydroxyl groups excluding tert-OH is 3. The summed E-state index contributed by atoms with van der Waals surface area (Å²) in [6.45, 7) is -0.267. The lowest BCUT2D eigenvalue weighted by Gasteiger charge is -2.20. The van der Waals surface area contributed by atoms with Gasteiger partial charge in [-0.05, 0) is 12.1 Å². The minimum Gasteiger partial charge on any atom is -0.394 e. The van der Waals surface area contributed by atoms with E-state index in [2.05, 4.69) is 4.98 Å². The van der Waals surface area contributed by atoms with E-state index in [-0.39, 0.29) is 31.6 Å². The summed E-state index contributed by atoms with van der Waals surface area (Å²) < 4.78 is 17.0. The first kappa shape index (κ1) is 21.7. The highest BCUT2D eigenvalue weighted by atomic mass is 32.2. The Balaban J connectivity index is 1.80. The van der Waals surface area contributed by atoms with Gasteiger partial charge in [0.15, 0.2) is 6.23 Å². The number of rotatable bonds is 9. The van der Waals surface area contributed by atoms with Crippen molar-refractivity contribution in [2.75, 3.05) is 26.6 Å². The Hall–Kier alpha value is -1.99. The predicted molar refractivity (Wildman–Crippen MR) is 102 cm³/mol. The Morgan fingerprint density at radius 3 is 2.62 bits per heavy atom. The second-order valence-corrected chi connectivity index (χ2v) is 7.32. The minimum atomic E-state index is -1.42. The van der Waals surface area contributed by atoms with Gasteiger partial charge in [-0.25, -0.2) is 4.79 Å². The van der Waals surface area contributed by atoms with Crippen LogP contribution in [-0.2, 0) is 14.2 Å². The zero-order valence-corrected chi connectivity index (χ0v) is 16.2. The summed E-state index contributed by atoms with van der Waals surface area (Å²) in [6.07, 6.45) is -4.86. The van der Waals surface area contributed by atoms with Gasteiger partial charge in [0.2, 0.25) is 0 Å². The van der Waals surface area contributed by atoms with Crippen molar-refractivity contribution < 1.29 is 29.5 Å². The lowest BCUT2D eigenvalue weighted by Crippen LogP contribution is -2.38. The van der Waals surface area contributed by atoms with E-state index >= 15 is 0 Å². The van der Waals surface area contributed by atoms with Crippen molar-refractivity contribution in [3.05, 3.63) is 57.2 Å². The second-order valence-electron chi connectivity index (χ2n) is 6.23. The van der Waals surface area contributed by atoms with Gasteiger partial charge >= 0.3 is 5.69 Å². The Kier molecular flexibility index (Phi) is 7.61. The fourth-order valence-electron chi connectivity index (χ4n) is 2.84. The van der Waals surface area contributed by atoms with E-state index in [1.54, 1.807) is 0 Å². The fourth-order valence-corrected chi connectivity index (χ4v) is 3.83. The first-order valence-corrected chi connectivity index (χ1v) is 9.69. The molecule has 0 saturated carbocycles. The van der Waals surface area contributed by atoms with Crippen LogP contribution in [0.4, 0.5) is 0 Å². The van der Waals surface area contributed by atoms with Crippen molar-refractivity contribution in [3.8, 4) is 0 Å². The maximum absolute atomic E-state index is 12.5. The van der Waals surface area contributed by atoms with Crippen LogP contribution in [0.25, 0.3) is 0 Å². The van der Waals surface area contributed by atoms with Crippen molar-refractivity contribution in [2.45, 2.75) is 34.5 Å². The third kappa shape index (κ3) is 5.34. The molecule has 4 N–H and O–H groups in total. The molecule has 0 spiro atoms. The molecule has 0 unspecified atom stereocenters. The zero-order valence-electron chi connectivity index (χ0n) is 15.3. The van der Waals surface area contributed by atoms with Crippen LogP contribution in [0.5, 0.6) is 0 Å². The van der Waals surface area contributed by atoms with Crippen LogP contribution in [0.1, 0.15) is 6.23 Å². The molecule has 1 aromatic heterocycles. The molecular formula is C18H22N2O8S. The molecule has 158 valence electrons. The average Bonchev–Trinajstić information content (AvgIpc) is 2.97. The van der Waals surface area contributed by atoms with Crippen molar-refractivity contribution in [3.63, 3.8) is 0 Å². The van der Waals surface area contributed by atoms with E-state index in [1.165, 1.54) is 6.07 Å². The van der Waals surface area contributed by atoms with Crippen LogP contribution in [0.15, 0.2) is 55.9 Å². The smallest absolute Gasteiger partial charge is 0.331 e.